The highest BCUT2D eigenvalue weighted by Crippen LogP contribution is 2.39. The average Bonchev–Trinajstić information content (AvgIpc) is 3.82. The monoisotopic (exact) mass is 748 g/mol. The minimum atomic E-state index is -0.444. The fraction of sp³-hybridized carbons (Fsp3) is 0.500. The van der Waals surface area contributed by atoms with Crippen LogP contribution in [0.15, 0.2) is 72.7 Å². The summed E-state index contributed by atoms with van der Waals surface area (Å²) in [6.45, 7) is 10.7. The van der Waals surface area contributed by atoms with E-state index in [0.29, 0.717) is 48.1 Å². The molecule has 1 saturated carbocycles. The molecule has 10 nitrogen and oxygen atoms in total. The van der Waals surface area contributed by atoms with Crippen LogP contribution in [0.4, 0.5) is 14.9 Å². The number of carbonyl (C=O) groups excluding carboxylic acids is 1. The smallest absolute Gasteiger partial charge is 0.320 e. The first-order valence-electron chi connectivity index (χ1n) is 20.3. The van der Waals surface area contributed by atoms with Crippen LogP contribution in [0.5, 0.6) is 5.75 Å². The highest BCUT2D eigenvalue weighted by Gasteiger charge is 2.30. The van der Waals surface area contributed by atoms with E-state index in [1.165, 1.54) is 31.7 Å². The number of benzene rings is 2. The third-order valence-corrected chi connectivity index (χ3v) is 11.6. The van der Waals surface area contributed by atoms with Gasteiger partial charge in [0.1, 0.15) is 29.3 Å². The predicted molar refractivity (Wildman–Crippen MR) is 216 cm³/mol. The van der Waals surface area contributed by atoms with Crippen molar-refractivity contribution in [2.45, 2.75) is 117 Å². The first kappa shape index (κ1) is 38.5. The second-order valence-electron chi connectivity index (χ2n) is 16.9. The summed E-state index contributed by atoms with van der Waals surface area (Å²) in [5.74, 6) is 3.02. The Hall–Kier alpha value is -4.77. The number of nitrogens with one attached hydrogen (secondary N) is 4. The molecule has 1 aliphatic heterocycles. The summed E-state index contributed by atoms with van der Waals surface area (Å²) in [7, 11) is 0. The van der Waals surface area contributed by atoms with E-state index in [-0.39, 0.29) is 18.0 Å². The van der Waals surface area contributed by atoms with E-state index in [0.717, 1.165) is 73.0 Å². The number of likely N-dealkylation sites (tertiary alicyclic amines) is 1. The molecule has 4 aromatic rings. The van der Waals surface area contributed by atoms with Crippen LogP contribution in [0.1, 0.15) is 132 Å². The number of urea groups is 1. The summed E-state index contributed by atoms with van der Waals surface area (Å²) in [5.41, 5.74) is 4.02. The fourth-order valence-electron chi connectivity index (χ4n) is 8.23. The molecule has 0 spiro atoms. The summed E-state index contributed by atoms with van der Waals surface area (Å²) >= 11 is 0. The number of ether oxygens (including phenoxy) is 1. The number of amides is 2. The van der Waals surface area contributed by atoms with Crippen molar-refractivity contribution in [3.05, 3.63) is 101 Å². The lowest BCUT2D eigenvalue weighted by molar-refractivity contribution is 0.171. The highest BCUT2D eigenvalue weighted by molar-refractivity contribution is 5.97. The van der Waals surface area contributed by atoms with Crippen LogP contribution < -0.4 is 20.7 Å². The minimum absolute atomic E-state index is 0.186. The largest absolute Gasteiger partial charge is 0.484 e. The number of carbonyl (C=O) groups is 1. The Balaban J connectivity index is 1.05. The van der Waals surface area contributed by atoms with Gasteiger partial charge in [-0.05, 0) is 99.0 Å². The number of rotatable bonds is 10. The number of anilines is 1. The third-order valence-electron chi connectivity index (χ3n) is 11.6. The summed E-state index contributed by atoms with van der Waals surface area (Å²) in [4.78, 5) is 16.0. The van der Waals surface area contributed by atoms with Crippen molar-refractivity contribution in [1.82, 2.24) is 30.1 Å². The number of fused-ring (bicyclic) bond motifs is 2. The van der Waals surface area contributed by atoms with Crippen LogP contribution in [-0.4, -0.2) is 44.3 Å². The van der Waals surface area contributed by atoms with Crippen molar-refractivity contribution >= 4 is 23.1 Å². The molecule has 2 aromatic heterocycles. The van der Waals surface area contributed by atoms with E-state index < -0.39 is 11.4 Å². The number of hydrogen-bond acceptors (Lipinski definition) is 7. The second-order valence-corrected chi connectivity index (χ2v) is 16.9. The molecule has 1 saturated heterocycles. The molecule has 2 amide bonds. The van der Waals surface area contributed by atoms with Crippen molar-refractivity contribution in [2.75, 3.05) is 18.4 Å². The van der Waals surface area contributed by atoms with Crippen molar-refractivity contribution in [3.8, 4) is 5.75 Å². The van der Waals surface area contributed by atoms with E-state index in [1.54, 1.807) is 18.2 Å². The average molecular weight is 749 g/mol. The van der Waals surface area contributed by atoms with E-state index >= 15 is 0 Å². The molecule has 55 heavy (non-hydrogen) atoms. The maximum atomic E-state index is 14.8. The van der Waals surface area contributed by atoms with E-state index in [4.69, 9.17) is 10.1 Å². The molecule has 2 aromatic carbocycles. The zero-order chi connectivity index (χ0) is 38.5. The molecular weight excluding hydrogens is 692 g/mol. The van der Waals surface area contributed by atoms with Gasteiger partial charge in [0, 0.05) is 40.9 Å². The Morgan fingerprint density at radius 3 is 2.53 bits per heavy atom. The van der Waals surface area contributed by atoms with Crippen LogP contribution in [0.25, 0.3) is 5.65 Å². The molecule has 0 bridgehead atoms. The van der Waals surface area contributed by atoms with Crippen molar-refractivity contribution in [1.29, 1.82) is 5.41 Å². The van der Waals surface area contributed by atoms with E-state index in [1.807, 2.05) is 51.2 Å². The van der Waals surface area contributed by atoms with Crippen molar-refractivity contribution in [3.63, 3.8) is 0 Å². The van der Waals surface area contributed by atoms with Crippen molar-refractivity contribution in [2.24, 2.45) is 11.3 Å². The molecule has 7 rings (SSSR count). The molecule has 1 unspecified atom stereocenters. The van der Waals surface area contributed by atoms with Gasteiger partial charge in [-0.3, -0.25) is 14.6 Å². The van der Waals surface area contributed by atoms with Gasteiger partial charge in [0.2, 0.25) is 0 Å². The maximum Gasteiger partial charge on any atom is 0.320 e. The van der Waals surface area contributed by atoms with E-state index in [9.17, 15) is 9.18 Å². The number of allylic oxidation sites excluding steroid dienone is 1. The second kappa shape index (κ2) is 16.9. The maximum absolute atomic E-state index is 14.8. The number of pyridine rings is 1. The van der Waals surface area contributed by atoms with E-state index in [2.05, 4.69) is 54.5 Å². The topological polar surface area (TPSA) is 120 Å². The Morgan fingerprint density at radius 2 is 1.73 bits per heavy atom. The zero-order valence-corrected chi connectivity index (χ0v) is 32.8. The van der Waals surface area contributed by atoms with Gasteiger partial charge in [-0.25, -0.2) is 9.18 Å². The Labute approximate surface area is 324 Å². The van der Waals surface area contributed by atoms with Gasteiger partial charge in [-0.1, -0.05) is 77.6 Å². The molecule has 2 fully saturated rings. The Kier molecular flexibility index (Phi) is 11.9. The number of nitrogens with zero attached hydrogens (tertiary/aromatic N) is 4. The lowest BCUT2D eigenvalue weighted by Crippen LogP contribution is -2.41. The van der Waals surface area contributed by atoms with Crippen LogP contribution >= 0.6 is 0 Å². The van der Waals surface area contributed by atoms with Crippen LogP contribution in [0.3, 0.4) is 0 Å². The summed E-state index contributed by atoms with van der Waals surface area (Å²) in [6.07, 6.45) is 14.4. The SMILES string of the molecule is C[C@H]1CCCCC(c2nnc3ccc(O[C@@H]4CC[C@H](NC(=O)N/C(=C/C(=N)C(C)(C)C)Nc5ccc(F)c(CN6CCCC6)c5)c5ccccc54)cn23)CC1. The van der Waals surface area contributed by atoms with Crippen LogP contribution in [0, 0.1) is 22.6 Å². The first-order valence-corrected chi connectivity index (χ1v) is 20.3. The van der Waals surface area contributed by atoms with Gasteiger partial charge in [-0.15, -0.1) is 10.2 Å². The predicted octanol–water partition coefficient (Wildman–Crippen LogP) is 9.81. The van der Waals surface area contributed by atoms with Crippen LogP contribution in [0.2, 0.25) is 0 Å². The fourth-order valence-corrected chi connectivity index (χ4v) is 8.23. The first-order chi connectivity index (χ1) is 26.5. The third kappa shape index (κ3) is 9.55. The lowest BCUT2D eigenvalue weighted by Gasteiger charge is -2.32. The molecule has 292 valence electrons. The minimum Gasteiger partial charge on any atom is -0.484 e. The molecule has 4 atom stereocenters. The zero-order valence-electron chi connectivity index (χ0n) is 32.8. The molecule has 0 radical (unpaired) electrons. The van der Waals surface area contributed by atoms with Gasteiger partial charge in [0.05, 0.1) is 12.2 Å². The number of halogens is 1. The standard InChI is InChI=1S/C44H57FN8O2/c1-29-11-5-6-12-30(16-15-29)42-51-50-41-22-18-33(28-53(41)42)55-38-21-20-37(34-13-7-8-14-35(34)38)48-43(54)49-40(26-39(46)44(2,3)4)47-32-17-19-36(45)31(25-32)27-52-23-9-10-24-52/h7-8,13-14,17-19,22,25-26,28-30,37-38,46-47H,5-6,9-12,15-16,20-21,23-24,27H2,1-4H3,(H2,48,49,54)/b40-26+,46-39?/t29-,30?,37-,38+/m0/s1. The number of aromatic nitrogens is 3. The lowest BCUT2D eigenvalue weighted by atomic mass is 9.85. The summed E-state index contributed by atoms with van der Waals surface area (Å²) in [5, 5.41) is 27.3. The van der Waals surface area contributed by atoms with Gasteiger partial charge < -0.3 is 20.8 Å². The van der Waals surface area contributed by atoms with Crippen LogP contribution in [-0.2, 0) is 6.54 Å². The summed E-state index contributed by atoms with van der Waals surface area (Å²) in [6, 6.07) is 16.4. The van der Waals surface area contributed by atoms with Gasteiger partial charge in [-0.2, -0.15) is 0 Å². The van der Waals surface area contributed by atoms with Gasteiger partial charge in [0.15, 0.2) is 5.65 Å². The van der Waals surface area contributed by atoms with Gasteiger partial charge >= 0.3 is 6.03 Å². The van der Waals surface area contributed by atoms with Crippen molar-refractivity contribution < 1.29 is 13.9 Å². The molecular formula is C44H57FN8O2. The molecule has 3 heterocycles. The quantitative estimate of drug-likeness (QED) is 0.120. The number of hydrogen-bond donors (Lipinski definition) is 4. The normalized spacial score (nSPS) is 22.4. The van der Waals surface area contributed by atoms with Gasteiger partial charge in [0.25, 0.3) is 0 Å². The Morgan fingerprint density at radius 1 is 0.945 bits per heavy atom. The molecule has 4 N–H and O–H groups in total. The molecule has 11 heteroatoms. The highest BCUT2D eigenvalue weighted by atomic mass is 19.1. The molecule has 2 aliphatic carbocycles. The summed E-state index contributed by atoms with van der Waals surface area (Å²) < 4.78 is 23.7. The molecule has 3 aliphatic rings. The Bertz CT molecular complexity index is 2010.